The number of ether oxygens (including phenoxy) is 1. The summed E-state index contributed by atoms with van der Waals surface area (Å²) in [7, 11) is 1.57. The van der Waals surface area contributed by atoms with E-state index in [4.69, 9.17) is 4.74 Å². The number of fused-ring (bicyclic) bond motifs is 1. The highest BCUT2D eigenvalue weighted by Gasteiger charge is 2.16. The van der Waals surface area contributed by atoms with E-state index in [1.807, 2.05) is 32.0 Å². The van der Waals surface area contributed by atoms with Gasteiger partial charge in [-0.1, -0.05) is 6.07 Å². The third-order valence-corrected chi connectivity index (χ3v) is 5.55. The summed E-state index contributed by atoms with van der Waals surface area (Å²) in [5.74, 6) is -0.319. The van der Waals surface area contributed by atoms with Gasteiger partial charge in [-0.3, -0.25) is 18.7 Å². The maximum absolute atomic E-state index is 12.9. The topological polar surface area (TPSA) is 82.3 Å². The number of methoxy groups -OCH3 is 1. The fourth-order valence-corrected chi connectivity index (χ4v) is 3.86. The molecule has 0 saturated heterocycles. The zero-order chi connectivity index (χ0) is 20.3. The van der Waals surface area contributed by atoms with Crippen LogP contribution in [0.3, 0.4) is 0 Å². The zero-order valence-corrected chi connectivity index (χ0v) is 17.0. The van der Waals surface area contributed by atoms with E-state index in [9.17, 15) is 14.4 Å². The molecular formula is C20H23N3O4S. The molecule has 1 N–H and O–H groups in total. The minimum Gasteiger partial charge on any atom is -0.385 e. The van der Waals surface area contributed by atoms with Crippen LogP contribution in [0.25, 0.3) is 10.2 Å². The average molecular weight is 401 g/mol. The summed E-state index contributed by atoms with van der Waals surface area (Å²) in [4.78, 5) is 38.1. The molecule has 0 aliphatic heterocycles. The van der Waals surface area contributed by atoms with Crippen LogP contribution < -0.4 is 16.6 Å². The SMILES string of the molecule is COCCCn1c(=O)c2sccc2n(CC(=O)Nc2ccc(C)c(C)c2)c1=O. The molecule has 0 atom stereocenters. The number of thiophene rings is 1. The lowest BCUT2D eigenvalue weighted by Crippen LogP contribution is -2.41. The first-order valence-corrected chi connectivity index (χ1v) is 9.87. The van der Waals surface area contributed by atoms with Crippen molar-refractivity contribution in [2.75, 3.05) is 19.0 Å². The summed E-state index contributed by atoms with van der Waals surface area (Å²) < 4.78 is 8.02. The molecule has 0 bridgehead atoms. The summed E-state index contributed by atoms with van der Waals surface area (Å²) >= 11 is 1.27. The van der Waals surface area contributed by atoms with Gasteiger partial charge in [-0.15, -0.1) is 11.3 Å². The number of amides is 1. The van der Waals surface area contributed by atoms with E-state index in [1.165, 1.54) is 20.5 Å². The Labute approximate surface area is 166 Å². The van der Waals surface area contributed by atoms with Crippen LogP contribution in [-0.2, 0) is 22.6 Å². The minimum absolute atomic E-state index is 0.163. The van der Waals surface area contributed by atoms with E-state index >= 15 is 0 Å². The largest absolute Gasteiger partial charge is 0.385 e. The Bertz CT molecular complexity index is 1130. The molecule has 0 spiro atoms. The third kappa shape index (κ3) is 4.07. The molecule has 0 saturated carbocycles. The van der Waals surface area contributed by atoms with Crippen LogP contribution in [0.5, 0.6) is 0 Å². The van der Waals surface area contributed by atoms with Crippen molar-refractivity contribution in [3.8, 4) is 0 Å². The Morgan fingerprint density at radius 1 is 1.14 bits per heavy atom. The summed E-state index contributed by atoms with van der Waals surface area (Å²) in [6.07, 6.45) is 0.539. The predicted molar refractivity (Wildman–Crippen MR) is 111 cm³/mol. The standard InChI is InChI=1S/C20H23N3O4S/c1-13-5-6-15(11-14(13)2)21-17(24)12-23-16-7-10-28-18(16)19(25)22(20(23)26)8-4-9-27-3/h5-7,10-11H,4,8-9,12H2,1-3H3,(H,21,24). The maximum atomic E-state index is 12.9. The summed E-state index contributed by atoms with van der Waals surface area (Å²) in [6.45, 7) is 4.50. The molecule has 1 aromatic carbocycles. The first kappa shape index (κ1) is 20.0. The van der Waals surface area contributed by atoms with Gasteiger partial charge in [-0.05, 0) is 55.0 Å². The van der Waals surface area contributed by atoms with Gasteiger partial charge < -0.3 is 10.1 Å². The second-order valence-corrected chi connectivity index (χ2v) is 7.57. The van der Waals surface area contributed by atoms with Crippen LogP contribution in [0.4, 0.5) is 5.69 Å². The fraction of sp³-hybridized carbons (Fsp3) is 0.350. The molecule has 0 radical (unpaired) electrons. The molecule has 0 aliphatic rings. The van der Waals surface area contributed by atoms with E-state index in [-0.39, 0.29) is 24.6 Å². The summed E-state index contributed by atoms with van der Waals surface area (Å²) in [5, 5.41) is 4.58. The number of anilines is 1. The predicted octanol–water partition coefficient (Wildman–Crippen LogP) is 2.52. The van der Waals surface area contributed by atoms with Crippen molar-refractivity contribution < 1.29 is 9.53 Å². The highest BCUT2D eigenvalue weighted by molar-refractivity contribution is 7.17. The van der Waals surface area contributed by atoms with E-state index in [2.05, 4.69) is 5.32 Å². The molecule has 1 amide bonds. The normalized spacial score (nSPS) is 11.1. The Morgan fingerprint density at radius 3 is 2.64 bits per heavy atom. The zero-order valence-electron chi connectivity index (χ0n) is 16.2. The summed E-state index contributed by atoms with van der Waals surface area (Å²) in [5.41, 5.74) is 2.56. The summed E-state index contributed by atoms with van der Waals surface area (Å²) in [6, 6.07) is 7.35. The van der Waals surface area contributed by atoms with E-state index in [1.54, 1.807) is 18.6 Å². The Balaban J connectivity index is 1.92. The van der Waals surface area contributed by atoms with Crippen LogP contribution in [-0.4, -0.2) is 28.8 Å². The molecule has 8 heteroatoms. The molecule has 3 rings (SSSR count). The molecule has 0 unspecified atom stereocenters. The molecule has 3 aromatic rings. The number of carbonyl (C=O) groups excluding carboxylic acids is 1. The lowest BCUT2D eigenvalue weighted by molar-refractivity contribution is -0.116. The number of hydrogen-bond donors (Lipinski definition) is 1. The first-order chi connectivity index (χ1) is 13.4. The van der Waals surface area contributed by atoms with Crippen molar-refractivity contribution in [3.63, 3.8) is 0 Å². The smallest absolute Gasteiger partial charge is 0.332 e. The lowest BCUT2D eigenvalue weighted by Gasteiger charge is -2.13. The molecular weight excluding hydrogens is 378 g/mol. The van der Waals surface area contributed by atoms with Gasteiger partial charge in [0, 0.05) is 25.9 Å². The molecule has 0 fully saturated rings. The first-order valence-electron chi connectivity index (χ1n) is 8.99. The van der Waals surface area contributed by atoms with Crippen molar-refractivity contribution in [1.29, 1.82) is 0 Å². The lowest BCUT2D eigenvalue weighted by atomic mass is 10.1. The highest BCUT2D eigenvalue weighted by Crippen LogP contribution is 2.17. The molecule has 148 valence electrons. The Morgan fingerprint density at radius 2 is 1.93 bits per heavy atom. The third-order valence-electron chi connectivity index (χ3n) is 4.66. The molecule has 28 heavy (non-hydrogen) atoms. The Hall–Kier alpha value is -2.71. The van der Waals surface area contributed by atoms with Crippen molar-refractivity contribution in [2.45, 2.75) is 33.4 Å². The number of nitrogens with zero attached hydrogens (tertiary/aromatic N) is 2. The number of aromatic nitrogens is 2. The van der Waals surface area contributed by atoms with Gasteiger partial charge in [0.1, 0.15) is 11.2 Å². The maximum Gasteiger partial charge on any atom is 0.332 e. The monoisotopic (exact) mass is 401 g/mol. The quantitative estimate of drug-likeness (QED) is 0.617. The van der Waals surface area contributed by atoms with Crippen molar-refractivity contribution >= 4 is 33.1 Å². The molecule has 7 nitrogen and oxygen atoms in total. The van der Waals surface area contributed by atoms with Crippen LogP contribution in [0.2, 0.25) is 0 Å². The highest BCUT2D eigenvalue weighted by atomic mass is 32.1. The molecule has 0 aliphatic carbocycles. The second kappa shape index (κ2) is 8.53. The number of carbonyl (C=O) groups is 1. The van der Waals surface area contributed by atoms with Crippen molar-refractivity contribution in [3.05, 3.63) is 61.6 Å². The van der Waals surface area contributed by atoms with E-state index < -0.39 is 5.69 Å². The van der Waals surface area contributed by atoms with Crippen LogP contribution in [0.1, 0.15) is 17.5 Å². The molecule has 2 heterocycles. The van der Waals surface area contributed by atoms with Gasteiger partial charge >= 0.3 is 5.69 Å². The number of rotatable bonds is 7. The van der Waals surface area contributed by atoms with Gasteiger partial charge in [-0.25, -0.2) is 4.79 Å². The number of benzene rings is 1. The van der Waals surface area contributed by atoms with Gasteiger partial charge in [-0.2, -0.15) is 0 Å². The van der Waals surface area contributed by atoms with Crippen LogP contribution >= 0.6 is 11.3 Å². The average Bonchev–Trinajstić information content (AvgIpc) is 3.14. The van der Waals surface area contributed by atoms with Crippen molar-refractivity contribution in [1.82, 2.24) is 9.13 Å². The van der Waals surface area contributed by atoms with E-state index in [0.717, 1.165) is 11.1 Å². The number of hydrogen-bond acceptors (Lipinski definition) is 5. The Kier molecular flexibility index (Phi) is 6.11. The second-order valence-electron chi connectivity index (χ2n) is 6.65. The van der Waals surface area contributed by atoms with Gasteiger partial charge in [0.25, 0.3) is 5.56 Å². The van der Waals surface area contributed by atoms with E-state index in [0.29, 0.717) is 28.9 Å². The number of aryl methyl sites for hydroxylation is 2. The number of nitrogens with one attached hydrogen (secondary N) is 1. The van der Waals surface area contributed by atoms with Crippen LogP contribution in [0.15, 0.2) is 39.2 Å². The fourth-order valence-electron chi connectivity index (χ4n) is 3.01. The minimum atomic E-state index is -0.484. The van der Waals surface area contributed by atoms with Crippen molar-refractivity contribution in [2.24, 2.45) is 0 Å². The molecule has 2 aromatic heterocycles. The van der Waals surface area contributed by atoms with Gasteiger partial charge in [0.05, 0.1) is 5.52 Å². The van der Waals surface area contributed by atoms with Gasteiger partial charge in [0.2, 0.25) is 5.91 Å². The van der Waals surface area contributed by atoms with Crippen LogP contribution in [0, 0.1) is 13.8 Å². The van der Waals surface area contributed by atoms with Gasteiger partial charge in [0.15, 0.2) is 0 Å².